The van der Waals surface area contributed by atoms with Crippen molar-refractivity contribution in [2.75, 3.05) is 0 Å². The maximum Gasteiger partial charge on any atom is 0.192 e. The van der Waals surface area contributed by atoms with Gasteiger partial charge in [0.05, 0.1) is 0 Å². The summed E-state index contributed by atoms with van der Waals surface area (Å²) in [5.74, 6) is 0. The summed E-state index contributed by atoms with van der Waals surface area (Å²) in [6.07, 6.45) is 1.31. The van der Waals surface area contributed by atoms with E-state index in [2.05, 4.69) is 0 Å². The summed E-state index contributed by atoms with van der Waals surface area (Å²) in [5.41, 5.74) is 2.88. The molecule has 2 aromatic carbocycles. The molecule has 0 amide bonds. The predicted octanol–water partition coefficient (Wildman–Crippen LogP) is 4.38. The quantitative estimate of drug-likeness (QED) is 0.811. The zero-order valence-corrected chi connectivity index (χ0v) is 11.7. The molecule has 0 saturated carbocycles. The average Bonchev–Trinajstić information content (AvgIpc) is 2.41. The van der Waals surface area contributed by atoms with Crippen LogP contribution in [0.25, 0.3) is 6.08 Å². The summed E-state index contributed by atoms with van der Waals surface area (Å²) in [5, 5.41) is -0.632. The third-order valence-corrected chi connectivity index (χ3v) is 3.94. The van der Waals surface area contributed by atoms with Crippen LogP contribution in [0.2, 0.25) is 0 Å². The highest BCUT2D eigenvalue weighted by molar-refractivity contribution is 7.89. The van der Waals surface area contributed by atoms with Gasteiger partial charge in [-0.05, 0) is 37.6 Å². The first-order valence-electron chi connectivity index (χ1n) is 5.98. The first-order chi connectivity index (χ1) is 9.06. The maximum absolute atomic E-state index is 13.9. The summed E-state index contributed by atoms with van der Waals surface area (Å²) in [6, 6.07) is 14.4. The number of rotatable bonds is 3. The van der Waals surface area contributed by atoms with Gasteiger partial charge < -0.3 is 0 Å². The molecule has 0 spiro atoms. The highest BCUT2D eigenvalue weighted by Crippen LogP contribution is 2.19. The molecule has 0 radical (unpaired) electrons. The fourth-order valence-corrected chi connectivity index (χ4v) is 2.47. The van der Waals surface area contributed by atoms with E-state index in [1.165, 1.54) is 6.08 Å². The van der Waals surface area contributed by atoms with Crippen molar-refractivity contribution in [3.8, 4) is 0 Å². The monoisotopic (exact) mass is 274 g/mol. The van der Waals surface area contributed by atoms with Crippen molar-refractivity contribution in [3.05, 3.63) is 70.4 Å². The Morgan fingerprint density at radius 3 is 1.95 bits per heavy atom. The van der Waals surface area contributed by atoms with E-state index < -0.39 is 16.0 Å². The molecule has 2 rings (SSSR count). The van der Waals surface area contributed by atoms with E-state index in [0.717, 1.165) is 11.1 Å². The van der Waals surface area contributed by atoms with Gasteiger partial charge >= 0.3 is 0 Å². The van der Waals surface area contributed by atoms with Crippen molar-refractivity contribution in [1.82, 2.24) is 0 Å². The van der Waals surface area contributed by atoms with Crippen LogP contribution in [0, 0.1) is 13.8 Å². The van der Waals surface area contributed by atoms with Gasteiger partial charge in [0.15, 0.2) is 5.16 Å². The lowest BCUT2D eigenvalue weighted by Crippen LogP contribution is -1.92. The SMILES string of the molecule is Cc1ccc(/C=C(/F)[S@](=O)c2ccc(C)cc2)cc1. The molecule has 1 atom stereocenters. The van der Waals surface area contributed by atoms with Crippen molar-refractivity contribution in [1.29, 1.82) is 0 Å². The second kappa shape index (κ2) is 5.93. The highest BCUT2D eigenvalue weighted by Gasteiger charge is 2.09. The number of benzene rings is 2. The van der Waals surface area contributed by atoms with Crippen LogP contribution in [0.3, 0.4) is 0 Å². The number of hydrogen-bond donors (Lipinski definition) is 0. The lowest BCUT2D eigenvalue weighted by Gasteiger charge is -2.01. The molecule has 2 aromatic rings. The Morgan fingerprint density at radius 1 is 0.947 bits per heavy atom. The van der Waals surface area contributed by atoms with Crippen LogP contribution in [0.1, 0.15) is 16.7 Å². The molecule has 0 heterocycles. The van der Waals surface area contributed by atoms with Gasteiger partial charge in [-0.25, -0.2) is 4.21 Å². The molecular weight excluding hydrogens is 259 g/mol. The van der Waals surface area contributed by atoms with Gasteiger partial charge in [0.25, 0.3) is 0 Å². The molecule has 0 fully saturated rings. The fraction of sp³-hybridized carbons (Fsp3) is 0.125. The van der Waals surface area contributed by atoms with Gasteiger partial charge in [-0.3, -0.25) is 0 Å². The maximum atomic E-state index is 13.9. The first kappa shape index (κ1) is 13.7. The van der Waals surface area contributed by atoms with E-state index in [9.17, 15) is 8.60 Å². The summed E-state index contributed by atoms with van der Waals surface area (Å²) in [7, 11) is -1.75. The Labute approximate surface area is 115 Å². The molecule has 0 aliphatic heterocycles. The van der Waals surface area contributed by atoms with E-state index >= 15 is 0 Å². The summed E-state index contributed by atoms with van der Waals surface area (Å²) < 4.78 is 25.9. The second-order valence-electron chi connectivity index (χ2n) is 4.44. The third kappa shape index (κ3) is 3.61. The lowest BCUT2D eigenvalue weighted by molar-refractivity contribution is 0.653. The zero-order valence-electron chi connectivity index (χ0n) is 10.9. The molecule has 98 valence electrons. The smallest absolute Gasteiger partial charge is 0.192 e. The zero-order chi connectivity index (χ0) is 13.8. The van der Waals surface area contributed by atoms with E-state index in [1.807, 2.05) is 38.1 Å². The minimum atomic E-state index is -1.75. The highest BCUT2D eigenvalue weighted by atomic mass is 32.2. The van der Waals surface area contributed by atoms with Gasteiger partial charge in [0, 0.05) is 4.90 Å². The molecule has 1 nitrogen and oxygen atoms in total. The van der Waals surface area contributed by atoms with E-state index in [0.29, 0.717) is 10.5 Å². The lowest BCUT2D eigenvalue weighted by atomic mass is 10.1. The normalized spacial score (nSPS) is 13.3. The standard InChI is InChI=1S/C16H15FOS/c1-12-3-7-14(8-4-12)11-16(17)19(18)15-9-5-13(2)6-10-15/h3-11H,1-2H3/b16-11-/t19-/m1/s1. The number of halogens is 1. The predicted molar refractivity (Wildman–Crippen MR) is 77.9 cm³/mol. The number of hydrogen-bond acceptors (Lipinski definition) is 1. The molecule has 0 N–H and O–H groups in total. The van der Waals surface area contributed by atoms with Crippen molar-refractivity contribution in [2.45, 2.75) is 18.7 Å². The molecule has 0 aromatic heterocycles. The molecule has 0 aliphatic rings. The summed E-state index contributed by atoms with van der Waals surface area (Å²) in [6.45, 7) is 3.90. The van der Waals surface area contributed by atoms with Crippen LogP contribution in [0.15, 0.2) is 58.6 Å². The molecule has 19 heavy (non-hydrogen) atoms. The third-order valence-electron chi connectivity index (χ3n) is 2.77. The van der Waals surface area contributed by atoms with Crippen LogP contribution >= 0.6 is 0 Å². The fourth-order valence-electron chi connectivity index (χ4n) is 1.62. The largest absolute Gasteiger partial charge is 0.247 e. The first-order valence-corrected chi connectivity index (χ1v) is 7.13. The van der Waals surface area contributed by atoms with E-state index in [4.69, 9.17) is 0 Å². The average molecular weight is 274 g/mol. The molecular formula is C16H15FOS. The Kier molecular flexibility index (Phi) is 4.27. The molecule has 0 bridgehead atoms. The van der Waals surface area contributed by atoms with Crippen molar-refractivity contribution in [2.24, 2.45) is 0 Å². The minimum absolute atomic E-state index is 0.478. The van der Waals surface area contributed by atoms with Gasteiger partial charge in [-0.2, -0.15) is 4.39 Å². The van der Waals surface area contributed by atoms with Crippen molar-refractivity contribution in [3.63, 3.8) is 0 Å². The van der Waals surface area contributed by atoms with E-state index in [1.54, 1.807) is 24.3 Å². The van der Waals surface area contributed by atoms with Crippen LogP contribution in [-0.4, -0.2) is 4.21 Å². The molecule has 0 unspecified atom stereocenters. The second-order valence-corrected chi connectivity index (χ2v) is 5.84. The van der Waals surface area contributed by atoms with Gasteiger partial charge in [0.1, 0.15) is 10.8 Å². The van der Waals surface area contributed by atoms with E-state index in [-0.39, 0.29) is 0 Å². The van der Waals surface area contributed by atoms with Crippen LogP contribution < -0.4 is 0 Å². The Balaban J connectivity index is 2.23. The van der Waals surface area contributed by atoms with Crippen LogP contribution in [0.4, 0.5) is 4.39 Å². The summed E-state index contributed by atoms with van der Waals surface area (Å²) >= 11 is 0. The molecule has 0 aliphatic carbocycles. The van der Waals surface area contributed by atoms with Gasteiger partial charge in [-0.1, -0.05) is 47.5 Å². The molecule has 0 saturated heterocycles. The van der Waals surface area contributed by atoms with Crippen LogP contribution in [-0.2, 0) is 10.8 Å². The van der Waals surface area contributed by atoms with Gasteiger partial charge in [-0.15, -0.1) is 0 Å². The topological polar surface area (TPSA) is 17.1 Å². The van der Waals surface area contributed by atoms with Crippen molar-refractivity contribution >= 4 is 16.9 Å². The minimum Gasteiger partial charge on any atom is -0.247 e. The van der Waals surface area contributed by atoms with Gasteiger partial charge in [0.2, 0.25) is 0 Å². The molecule has 3 heteroatoms. The Hall–Kier alpha value is -1.74. The Morgan fingerprint density at radius 2 is 1.42 bits per heavy atom. The van der Waals surface area contributed by atoms with Crippen LogP contribution in [0.5, 0.6) is 0 Å². The van der Waals surface area contributed by atoms with Crippen molar-refractivity contribution < 1.29 is 8.60 Å². The number of aryl methyl sites for hydroxylation is 2. The Bertz CT molecular complexity index is 612. The summed E-state index contributed by atoms with van der Waals surface area (Å²) in [4.78, 5) is 0.478.